The summed E-state index contributed by atoms with van der Waals surface area (Å²) in [7, 11) is -3.38. The first kappa shape index (κ1) is 18.7. The van der Waals surface area contributed by atoms with Crippen LogP contribution in [0.2, 0.25) is 0 Å². The van der Waals surface area contributed by atoms with Crippen molar-refractivity contribution in [2.45, 2.75) is 25.9 Å². The minimum atomic E-state index is -4.49. The molecule has 1 atom stereocenters. The van der Waals surface area contributed by atoms with Gasteiger partial charge in [-0.25, -0.2) is 12.7 Å². The SMILES string of the molecule is CCS(=O)(=O)N1CCCC(C(=O)Nc2cccc(C(F)(F)F)c2)C1. The lowest BCUT2D eigenvalue weighted by Crippen LogP contribution is -2.44. The quantitative estimate of drug-likeness (QED) is 0.893. The number of alkyl halides is 3. The van der Waals surface area contributed by atoms with Crippen LogP contribution in [0.4, 0.5) is 18.9 Å². The van der Waals surface area contributed by atoms with Crippen LogP contribution in [0, 0.1) is 5.92 Å². The zero-order valence-electron chi connectivity index (χ0n) is 13.1. The zero-order valence-corrected chi connectivity index (χ0v) is 14.0. The standard InChI is InChI=1S/C15H19F3N2O3S/c1-2-24(22,23)20-8-4-5-11(10-20)14(21)19-13-7-3-6-12(9-13)15(16,17)18/h3,6-7,9,11H,2,4-5,8,10H2,1H3,(H,19,21). The number of carbonyl (C=O) groups is 1. The summed E-state index contributed by atoms with van der Waals surface area (Å²) in [6, 6.07) is 4.37. The van der Waals surface area contributed by atoms with Gasteiger partial charge < -0.3 is 5.32 Å². The van der Waals surface area contributed by atoms with Gasteiger partial charge in [0, 0.05) is 18.8 Å². The zero-order chi connectivity index (χ0) is 18.0. The van der Waals surface area contributed by atoms with Crippen LogP contribution in [0.5, 0.6) is 0 Å². The van der Waals surface area contributed by atoms with Gasteiger partial charge in [0.25, 0.3) is 0 Å². The lowest BCUT2D eigenvalue weighted by molar-refractivity contribution is -0.137. The van der Waals surface area contributed by atoms with Crippen LogP contribution in [0.15, 0.2) is 24.3 Å². The number of hydrogen-bond acceptors (Lipinski definition) is 3. The van der Waals surface area contributed by atoms with Gasteiger partial charge >= 0.3 is 6.18 Å². The maximum absolute atomic E-state index is 12.7. The van der Waals surface area contributed by atoms with Crippen molar-refractivity contribution in [1.82, 2.24) is 4.31 Å². The number of rotatable bonds is 4. The number of benzene rings is 1. The molecule has 1 N–H and O–H groups in total. The smallest absolute Gasteiger partial charge is 0.326 e. The molecule has 0 saturated carbocycles. The molecule has 5 nitrogen and oxygen atoms in total. The van der Waals surface area contributed by atoms with Crippen molar-refractivity contribution >= 4 is 21.6 Å². The Hall–Kier alpha value is -1.61. The highest BCUT2D eigenvalue weighted by Gasteiger charge is 2.33. The normalized spacial score (nSPS) is 19.9. The number of hydrogen-bond donors (Lipinski definition) is 1. The monoisotopic (exact) mass is 364 g/mol. The van der Waals surface area contributed by atoms with E-state index in [0.717, 1.165) is 12.1 Å². The van der Waals surface area contributed by atoms with Gasteiger partial charge in [-0.3, -0.25) is 4.79 Å². The average molecular weight is 364 g/mol. The van der Waals surface area contributed by atoms with Crippen molar-refractivity contribution in [1.29, 1.82) is 0 Å². The Labute approximate surface area is 138 Å². The fraction of sp³-hybridized carbons (Fsp3) is 0.533. The first-order chi connectivity index (χ1) is 11.1. The highest BCUT2D eigenvalue weighted by molar-refractivity contribution is 7.89. The van der Waals surface area contributed by atoms with Crippen LogP contribution in [0.3, 0.4) is 0 Å². The number of nitrogens with one attached hydrogen (secondary N) is 1. The van der Waals surface area contributed by atoms with Crippen molar-refractivity contribution in [2.75, 3.05) is 24.2 Å². The van der Waals surface area contributed by atoms with Crippen molar-refractivity contribution in [3.63, 3.8) is 0 Å². The summed E-state index contributed by atoms with van der Waals surface area (Å²) in [5, 5.41) is 2.45. The lowest BCUT2D eigenvalue weighted by atomic mass is 9.98. The third-order valence-electron chi connectivity index (χ3n) is 3.97. The molecule has 24 heavy (non-hydrogen) atoms. The number of carbonyl (C=O) groups excluding carboxylic acids is 1. The second-order valence-corrected chi connectivity index (χ2v) is 7.92. The van der Waals surface area contributed by atoms with E-state index in [1.165, 1.54) is 23.4 Å². The molecule has 9 heteroatoms. The van der Waals surface area contributed by atoms with E-state index >= 15 is 0 Å². The van der Waals surface area contributed by atoms with E-state index in [-0.39, 0.29) is 18.0 Å². The van der Waals surface area contributed by atoms with E-state index in [2.05, 4.69) is 5.32 Å². The first-order valence-electron chi connectivity index (χ1n) is 7.59. The Bertz CT molecular complexity index is 704. The molecule has 0 radical (unpaired) electrons. The van der Waals surface area contributed by atoms with E-state index in [1.54, 1.807) is 0 Å². The Morgan fingerprint density at radius 1 is 1.38 bits per heavy atom. The summed E-state index contributed by atoms with van der Waals surface area (Å²) in [4.78, 5) is 12.3. The van der Waals surface area contributed by atoms with Gasteiger partial charge in [0.2, 0.25) is 15.9 Å². The molecule has 1 aliphatic rings. The van der Waals surface area contributed by atoms with Crippen molar-refractivity contribution in [2.24, 2.45) is 5.92 Å². The summed E-state index contributed by atoms with van der Waals surface area (Å²) >= 11 is 0. The minimum Gasteiger partial charge on any atom is -0.326 e. The predicted molar refractivity (Wildman–Crippen MR) is 83.8 cm³/mol. The molecule has 0 spiro atoms. The second kappa shape index (κ2) is 7.10. The van der Waals surface area contributed by atoms with Gasteiger partial charge in [-0.15, -0.1) is 0 Å². The highest BCUT2D eigenvalue weighted by Crippen LogP contribution is 2.31. The topological polar surface area (TPSA) is 66.5 Å². The van der Waals surface area contributed by atoms with Crippen molar-refractivity contribution < 1.29 is 26.4 Å². The van der Waals surface area contributed by atoms with Gasteiger partial charge in [-0.2, -0.15) is 13.2 Å². The molecule has 1 saturated heterocycles. The Balaban J connectivity index is 2.07. The van der Waals surface area contributed by atoms with E-state index in [1.807, 2.05) is 0 Å². The molecule has 134 valence electrons. The van der Waals surface area contributed by atoms with Gasteiger partial charge in [0.1, 0.15) is 0 Å². The molecule has 1 fully saturated rings. The maximum atomic E-state index is 12.7. The fourth-order valence-corrected chi connectivity index (χ4v) is 3.79. The number of piperidine rings is 1. The van der Waals surface area contributed by atoms with Gasteiger partial charge in [0.05, 0.1) is 17.2 Å². The van der Waals surface area contributed by atoms with Gasteiger partial charge in [-0.05, 0) is 38.0 Å². The molecule has 2 rings (SSSR count). The summed E-state index contributed by atoms with van der Waals surface area (Å²) in [5.74, 6) is -1.09. The van der Waals surface area contributed by atoms with E-state index in [4.69, 9.17) is 0 Å². The Morgan fingerprint density at radius 3 is 2.71 bits per heavy atom. The lowest BCUT2D eigenvalue weighted by Gasteiger charge is -2.30. The third-order valence-corrected chi connectivity index (χ3v) is 5.82. The number of sulfonamides is 1. The first-order valence-corrected chi connectivity index (χ1v) is 9.20. The number of halogens is 3. The van der Waals surface area contributed by atoms with Crippen LogP contribution in [0.1, 0.15) is 25.3 Å². The molecule has 1 aliphatic heterocycles. The van der Waals surface area contributed by atoms with Crippen LogP contribution < -0.4 is 5.32 Å². The number of amides is 1. The van der Waals surface area contributed by atoms with E-state index < -0.39 is 33.6 Å². The molecular weight excluding hydrogens is 345 g/mol. The van der Waals surface area contributed by atoms with Crippen LogP contribution >= 0.6 is 0 Å². The summed E-state index contributed by atoms with van der Waals surface area (Å²) in [6.45, 7) is 1.95. The van der Waals surface area contributed by atoms with Crippen LogP contribution in [0.25, 0.3) is 0 Å². The molecule has 0 aromatic heterocycles. The largest absolute Gasteiger partial charge is 0.416 e. The molecule has 0 aliphatic carbocycles. The Kier molecular flexibility index (Phi) is 5.54. The number of anilines is 1. The molecule has 1 aromatic rings. The summed E-state index contributed by atoms with van der Waals surface area (Å²) < 4.78 is 63.2. The second-order valence-electron chi connectivity index (χ2n) is 5.67. The van der Waals surface area contributed by atoms with Crippen molar-refractivity contribution in [3.05, 3.63) is 29.8 Å². The van der Waals surface area contributed by atoms with Gasteiger partial charge in [0.15, 0.2) is 0 Å². The molecule has 0 bridgehead atoms. The Morgan fingerprint density at radius 2 is 2.08 bits per heavy atom. The fourth-order valence-electron chi connectivity index (χ4n) is 2.61. The highest BCUT2D eigenvalue weighted by atomic mass is 32.2. The average Bonchev–Trinajstić information content (AvgIpc) is 2.54. The summed E-state index contributed by atoms with van der Waals surface area (Å²) in [6.07, 6.45) is -3.45. The molecule has 1 unspecified atom stereocenters. The molecule has 1 aromatic carbocycles. The van der Waals surface area contributed by atoms with Gasteiger partial charge in [-0.1, -0.05) is 6.07 Å². The predicted octanol–water partition coefficient (Wildman–Crippen LogP) is 2.71. The van der Waals surface area contributed by atoms with Crippen LogP contribution in [-0.2, 0) is 21.0 Å². The number of nitrogens with zero attached hydrogens (tertiary/aromatic N) is 1. The minimum absolute atomic E-state index is 0.0466. The van der Waals surface area contributed by atoms with E-state index in [9.17, 15) is 26.4 Å². The molecule has 1 heterocycles. The molecular formula is C15H19F3N2O3S. The third kappa shape index (κ3) is 4.47. The van der Waals surface area contributed by atoms with Crippen molar-refractivity contribution in [3.8, 4) is 0 Å². The van der Waals surface area contributed by atoms with Crippen LogP contribution in [-0.4, -0.2) is 37.5 Å². The van der Waals surface area contributed by atoms with E-state index in [0.29, 0.717) is 19.4 Å². The summed E-state index contributed by atoms with van der Waals surface area (Å²) in [5.41, 5.74) is -0.801. The molecule has 1 amide bonds. The maximum Gasteiger partial charge on any atom is 0.416 e.